The number of benzene rings is 2. The first kappa shape index (κ1) is 55.7. The van der Waals surface area contributed by atoms with E-state index in [4.69, 9.17) is 14.2 Å². The molecule has 68 heavy (non-hydrogen) atoms. The van der Waals surface area contributed by atoms with E-state index in [-0.39, 0.29) is 60.5 Å². The van der Waals surface area contributed by atoms with E-state index in [1.807, 2.05) is 132 Å². The Morgan fingerprint density at radius 1 is 0.912 bits per heavy atom. The number of anilines is 1. The van der Waals surface area contributed by atoms with Gasteiger partial charge in [-0.05, 0) is 88.6 Å². The molecule has 4 rings (SSSR count). The lowest BCUT2D eigenvalue weighted by atomic mass is 9.90. The molecule has 0 radical (unpaired) electrons. The highest BCUT2D eigenvalue weighted by atomic mass is 32.1. The summed E-state index contributed by atoms with van der Waals surface area (Å²) in [6.07, 6.45) is 3.56. The minimum atomic E-state index is -0.636. The van der Waals surface area contributed by atoms with Gasteiger partial charge in [0.15, 0.2) is 0 Å². The van der Waals surface area contributed by atoms with Gasteiger partial charge in [0, 0.05) is 58.7 Å². The maximum atomic E-state index is 14.4. The summed E-state index contributed by atoms with van der Waals surface area (Å²) in [5.41, 5.74) is 2.25. The molecule has 1 aliphatic heterocycles. The summed E-state index contributed by atoms with van der Waals surface area (Å²) in [6, 6.07) is 16.1. The van der Waals surface area contributed by atoms with Gasteiger partial charge >= 0.3 is 6.09 Å². The lowest BCUT2D eigenvalue weighted by Gasteiger charge is -2.39. The second kappa shape index (κ2) is 26.2. The fourth-order valence-corrected chi connectivity index (χ4v) is 9.94. The zero-order valence-electron chi connectivity index (χ0n) is 42.8. The molecule has 2 heterocycles. The van der Waals surface area contributed by atoms with Crippen LogP contribution in [0.5, 0.6) is 0 Å². The van der Waals surface area contributed by atoms with E-state index >= 15 is 0 Å². The second-order valence-electron chi connectivity index (χ2n) is 19.6. The number of likely N-dealkylation sites (N-methyl/N-ethyl adjacent to an activating group) is 2. The van der Waals surface area contributed by atoms with Crippen molar-refractivity contribution >= 4 is 46.7 Å². The van der Waals surface area contributed by atoms with Crippen LogP contribution in [0.25, 0.3) is 0 Å². The van der Waals surface area contributed by atoms with Crippen molar-refractivity contribution in [1.29, 1.82) is 0 Å². The van der Waals surface area contributed by atoms with Crippen molar-refractivity contribution < 1.29 is 38.2 Å². The van der Waals surface area contributed by atoms with E-state index in [1.54, 1.807) is 39.4 Å². The van der Waals surface area contributed by atoms with E-state index < -0.39 is 41.9 Å². The number of nitrogens with zero attached hydrogens (tertiary/aromatic N) is 5. The maximum Gasteiger partial charge on any atom is 0.414 e. The van der Waals surface area contributed by atoms with Crippen LogP contribution in [0.1, 0.15) is 103 Å². The van der Waals surface area contributed by atoms with Crippen LogP contribution >= 0.6 is 11.3 Å². The predicted molar refractivity (Wildman–Crippen MR) is 268 cm³/mol. The Hall–Kier alpha value is -4.90. The number of hydrogen-bond donors (Lipinski definition) is 2. The van der Waals surface area contributed by atoms with Crippen LogP contribution in [0, 0.1) is 17.8 Å². The van der Waals surface area contributed by atoms with Crippen LogP contribution in [0.4, 0.5) is 10.5 Å². The molecule has 8 atom stereocenters. The lowest BCUT2D eigenvalue weighted by Crippen LogP contribution is -2.55. The molecule has 1 aromatic heterocycles. The van der Waals surface area contributed by atoms with Crippen LogP contribution in [-0.4, -0.2) is 140 Å². The van der Waals surface area contributed by atoms with Crippen LogP contribution in [0.15, 0.2) is 66.2 Å². The SMILES string of the molecule is CC[C@H](C)[C@@H]([C@@H](CC(=O)N1CCC[C@H]1[C@H](OC)[C@@H](C)C(=O)N[C@@H](Cc1ccccc1)c1nccs1)OC)N(C)C(=O)CNC(=O)[C@H](C(C)C)N(C)CCc1ccc(N(C)C(=O)OC(C)(C)C)cc1. The van der Waals surface area contributed by atoms with Crippen molar-refractivity contribution in [2.24, 2.45) is 17.8 Å². The molecule has 16 heteroatoms. The number of rotatable bonds is 24. The molecule has 376 valence electrons. The molecule has 15 nitrogen and oxygen atoms in total. The maximum absolute atomic E-state index is 14.4. The number of hydrogen-bond acceptors (Lipinski definition) is 11. The second-order valence-corrected chi connectivity index (χ2v) is 20.5. The fraction of sp³-hybridized carbons (Fsp3) is 0.615. The van der Waals surface area contributed by atoms with Crippen molar-refractivity contribution in [3.63, 3.8) is 0 Å². The van der Waals surface area contributed by atoms with Gasteiger partial charge in [-0.1, -0.05) is 83.5 Å². The first-order valence-corrected chi connectivity index (χ1v) is 25.0. The number of amides is 5. The number of carbonyl (C=O) groups excluding carboxylic acids is 5. The minimum absolute atomic E-state index is 0.0234. The van der Waals surface area contributed by atoms with Gasteiger partial charge < -0.3 is 34.6 Å². The zero-order chi connectivity index (χ0) is 50.3. The highest BCUT2D eigenvalue weighted by Crippen LogP contribution is 2.30. The third-order valence-electron chi connectivity index (χ3n) is 13.2. The van der Waals surface area contributed by atoms with Gasteiger partial charge in [-0.25, -0.2) is 9.78 Å². The molecule has 0 bridgehead atoms. The third kappa shape index (κ3) is 15.6. The molecule has 1 saturated heterocycles. The average Bonchev–Trinajstić information content (AvgIpc) is 4.03. The van der Waals surface area contributed by atoms with Gasteiger partial charge in [0.2, 0.25) is 23.6 Å². The number of ether oxygens (including phenoxy) is 3. The molecule has 1 fully saturated rings. The first-order chi connectivity index (χ1) is 32.2. The van der Waals surface area contributed by atoms with Gasteiger partial charge in [-0.2, -0.15) is 0 Å². The van der Waals surface area contributed by atoms with Gasteiger partial charge in [0.1, 0.15) is 10.6 Å². The Balaban J connectivity index is 1.37. The summed E-state index contributed by atoms with van der Waals surface area (Å²) in [5, 5.41) is 8.87. The van der Waals surface area contributed by atoms with Crippen molar-refractivity contribution in [3.8, 4) is 0 Å². The largest absolute Gasteiger partial charge is 0.443 e. The van der Waals surface area contributed by atoms with Crippen molar-refractivity contribution in [2.45, 2.75) is 136 Å². The molecule has 2 N–H and O–H groups in total. The lowest BCUT2D eigenvalue weighted by molar-refractivity contribution is -0.146. The minimum Gasteiger partial charge on any atom is -0.443 e. The average molecular weight is 962 g/mol. The van der Waals surface area contributed by atoms with Crippen molar-refractivity contribution in [2.75, 3.05) is 59.9 Å². The predicted octanol–water partition coefficient (Wildman–Crippen LogP) is 7.15. The molecule has 0 spiro atoms. The Kier molecular flexibility index (Phi) is 21.4. The molecule has 0 unspecified atom stereocenters. The number of carbonyl (C=O) groups is 5. The van der Waals surface area contributed by atoms with Crippen LogP contribution < -0.4 is 15.5 Å². The molecule has 0 aliphatic carbocycles. The zero-order valence-corrected chi connectivity index (χ0v) is 43.6. The third-order valence-corrected chi connectivity index (χ3v) is 14.1. The molecule has 2 aromatic carbocycles. The topological polar surface area (TPSA) is 163 Å². The molecular weight excluding hydrogens is 883 g/mol. The summed E-state index contributed by atoms with van der Waals surface area (Å²) >= 11 is 1.50. The fourth-order valence-electron chi connectivity index (χ4n) is 9.26. The highest BCUT2D eigenvalue weighted by Gasteiger charge is 2.42. The Labute approximate surface area is 409 Å². The quantitative estimate of drug-likeness (QED) is 0.0944. The normalized spacial score (nSPS) is 17.2. The Morgan fingerprint density at radius 3 is 2.16 bits per heavy atom. The van der Waals surface area contributed by atoms with Crippen molar-refractivity contribution in [1.82, 2.24) is 30.3 Å². The molecule has 1 aliphatic rings. The molecule has 3 aromatic rings. The summed E-state index contributed by atoms with van der Waals surface area (Å²) < 4.78 is 17.6. The summed E-state index contributed by atoms with van der Waals surface area (Å²) in [7, 11) is 8.44. The smallest absolute Gasteiger partial charge is 0.414 e. The van der Waals surface area contributed by atoms with E-state index in [0.717, 1.165) is 29.0 Å². The Bertz CT molecular complexity index is 2050. The van der Waals surface area contributed by atoms with E-state index in [2.05, 4.69) is 15.6 Å². The summed E-state index contributed by atoms with van der Waals surface area (Å²) in [6.45, 7) is 16.3. The number of thiazole rings is 1. The number of nitrogens with one attached hydrogen (secondary N) is 2. The van der Waals surface area contributed by atoms with Gasteiger partial charge in [0.05, 0.1) is 55.3 Å². The van der Waals surface area contributed by atoms with E-state index in [9.17, 15) is 24.0 Å². The Morgan fingerprint density at radius 2 is 1.59 bits per heavy atom. The van der Waals surface area contributed by atoms with Crippen molar-refractivity contribution in [3.05, 3.63) is 82.3 Å². The number of likely N-dealkylation sites (tertiary alicyclic amines) is 1. The summed E-state index contributed by atoms with van der Waals surface area (Å²) in [4.78, 5) is 80.0. The number of aromatic nitrogens is 1. The van der Waals surface area contributed by atoms with Crippen LogP contribution in [0.3, 0.4) is 0 Å². The summed E-state index contributed by atoms with van der Waals surface area (Å²) in [5.74, 6) is -1.50. The van der Waals surface area contributed by atoms with Gasteiger partial charge in [0.25, 0.3) is 0 Å². The number of methoxy groups -OCH3 is 2. The van der Waals surface area contributed by atoms with Gasteiger partial charge in [-0.15, -0.1) is 11.3 Å². The highest BCUT2D eigenvalue weighted by molar-refractivity contribution is 7.09. The van der Waals surface area contributed by atoms with Crippen LogP contribution in [-0.2, 0) is 46.2 Å². The van der Waals surface area contributed by atoms with E-state index in [0.29, 0.717) is 38.0 Å². The molecule has 0 saturated carbocycles. The first-order valence-electron chi connectivity index (χ1n) is 24.1. The van der Waals surface area contributed by atoms with Crippen LogP contribution in [0.2, 0.25) is 0 Å². The molecule has 5 amide bonds. The monoisotopic (exact) mass is 962 g/mol. The van der Waals surface area contributed by atoms with Gasteiger partial charge in [-0.3, -0.25) is 29.0 Å². The standard InChI is InChI=1S/C52H79N7O8S/c1-14-35(4)46(58(11)44(61)33-54-49(63)45(34(2)3)56(9)29-26-37-22-24-39(25-23-37)57(10)51(64)67-52(6,7)8)42(65-12)32-43(60)59-28-18-21-41(59)47(66-13)36(5)48(62)55-40(50-53-27-30-68-50)31-38-19-16-15-17-20-38/h15-17,19-20,22-25,27,30,34-36,40-42,45-47H,14,18,21,26,28-29,31-33H2,1-13H3,(H,54,63)(H,55,62)/t35-,36+,40-,41-,42+,45-,46-,47+/m0/s1. The van der Waals surface area contributed by atoms with E-state index in [1.165, 1.54) is 16.2 Å². The molecular formula is C52H79N7O8S.